The first-order chi connectivity index (χ1) is 12.8. The first-order valence-electron chi connectivity index (χ1n) is 7.96. The summed E-state index contributed by atoms with van der Waals surface area (Å²) < 4.78 is 20.2. The number of hydrogen-bond acceptors (Lipinski definition) is 5. The van der Waals surface area contributed by atoms with Crippen LogP contribution in [0.5, 0.6) is 0 Å². The number of esters is 1. The molecule has 1 unspecified atom stereocenters. The van der Waals surface area contributed by atoms with Crippen molar-refractivity contribution in [3.8, 4) is 5.69 Å². The lowest BCUT2D eigenvalue weighted by Crippen LogP contribution is -2.28. The molecule has 0 spiro atoms. The molecule has 3 N–H and O–H groups in total. The topological polar surface area (TPSA) is 94.6 Å². The number of nitrogens with two attached hydrogens (primary N) is 1. The summed E-state index contributed by atoms with van der Waals surface area (Å²) in [4.78, 5) is 25.2. The van der Waals surface area contributed by atoms with Crippen molar-refractivity contribution < 1.29 is 19.0 Å². The van der Waals surface area contributed by atoms with E-state index in [-0.39, 0.29) is 21.1 Å². The predicted octanol–water partition coefficient (Wildman–Crippen LogP) is 3.31. The molecule has 0 amide bonds. The van der Waals surface area contributed by atoms with Gasteiger partial charge in [0.25, 0.3) is 5.56 Å². The van der Waals surface area contributed by atoms with Crippen molar-refractivity contribution in [1.82, 2.24) is 4.57 Å². The summed E-state index contributed by atoms with van der Waals surface area (Å²) in [6.07, 6.45) is -0.673. The third-order valence-electron chi connectivity index (χ3n) is 4.28. The quantitative estimate of drug-likeness (QED) is 0.616. The summed E-state index contributed by atoms with van der Waals surface area (Å²) >= 11 is 3.11. The zero-order chi connectivity index (χ0) is 19.9. The Balaban J connectivity index is 2.44. The molecule has 0 saturated carbocycles. The molecular formula is C19H16BrFN2O4. The van der Waals surface area contributed by atoms with E-state index in [1.54, 1.807) is 31.2 Å². The molecule has 1 heterocycles. The number of pyridine rings is 1. The number of aliphatic hydroxyl groups is 1. The van der Waals surface area contributed by atoms with E-state index in [2.05, 4.69) is 20.7 Å². The first-order valence-corrected chi connectivity index (χ1v) is 8.75. The molecule has 1 aromatic heterocycles. The van der Waals surface area contributed by atoms with Gasteiger partial charge >= 0.3 is 5.97 Å². The van der Waals surface area contributed by atoms with Crippen LogP contribution in [0.4, 0.5) is 10.1 Å². The van der Waals surface area contributed by atoms with Crippen molar-refractivity contribution in [2.24, 2.45) is 0 Å². The van der Waals surface area contributed by atoms with E-state index >= 15 is 0 Å². The van der Waals surface area contributed by atoms with Crippen molar-refractivity contribution in [3.05, 3.63) is 68.2 Å². The predicted molar refractivity (Wildman–Crippen MR) is 104 cm³/mol. The van der Waals surface area contributed by atoms with Crippen LogP contribution in [0.3, 0.4) is 0 Å². The molecule has 0 aliphatic carbocycles. The number of aromatic nitrogens is 1. The fourth-order valence-corrected chi connectivity index (χ4v) is 3.20. The van der Waals surface area contributed by atoms with Gasteiger partial charge in [-0.3, -0.25) is 9.36 Å². The molecule has 0 aliphatic rings. The maximum absolute atomic E-state index is 14.1. The molecule has 8 heteroatoms. The normalized spacial score (nSPS) is 12.2. The van der Waals surface area contributed by atoms with E-state index < -0.39 is 23.4 Å². The van der Waals surface area contributed by atoms with Crippen LogP contribution in [0.2, 0.25) is 0 Å². The maximum Gasteiger partial charge on any atom is 0.345 e. The number of rotatable bonds is 3. The van der Waals surface area contributed by atoms with E-state index in [9.17, 15) is 19.1 Å². The third kappa shape index (κ3) is 3.22. The standard InChI is InChI=1S/C19H16BrFN2O4/c1-9(24)10-3-5-11(6-4-10)23-15-8-13(20)14(21)7-12(15)17(22)16(18(23)25)19(26)27-2/h3-9,24H,22H2,1-2H3. The Morgan fingerprint density at radius 3 is 2.48 bits per heavy atom. The maximum atomic E-state index is 14.1. The number of aliphatic hydroxyl groups excluding tert-OH is 1. The molecule has 0 fully saturated rings. The Kier molecular flexibility index (Phi) is 5.03. The summed E-state index contributed by atoms with van der Waals surface area (Å²) in [5.74, 6) is -1.49. The molecule has 0 radical (unpaired) electrons. The van der Waals surface area contributed by atoms with Gasteiger partial charge in [0, 0.05) is 11.1 Å². The van der Waals surface area contributed by atoms with Gasteiger partial charge in [-0.25, -0.2) is 9.18 Å². The van der Waals surface area contributed by atoms with Crippen LogP contribution < -0.4 is 11.3 Å². The Morgan fingerprint density at radius 1 is 1.30 bits per heavy atom. The molecule has 0 saturated heterocycles. The zero-order valence-electron chi connectivity index (χ0n) is 14.5. The van der Waals surface area contributed by atoms with Gasteiger partial charge < -0.3 is 15.6 Å². The average Bonchev–Trinajstić information content (AvgIpc) is 2.64. The monoisotopic (exact) mass is 434 g/mol. The van der Waals surface area contributed by atoms with Crippen LogP contribution >= 0.6 is 15.9 Å². The number of fused-ring (bicyclic) bond motifs is 1. The summed E-state index contributed by atoms with van der Waals surface area (Å²) in [5.41, 5.74) is 6.21. The largest absolute Gasteiger partial charge is 0.465 e. The number of nitrogen functional groups attached to an aromatic ring is 1. The molecule has 3 aromatic rings. The van der Waals surface area contributed by atoms with Gasteiger partial charge in [0.2, 0.25) is 0 Å². The molecular weight excluding hydrogens is 419 g/mol. The second-order valence-electron chi connectivity index (χ2n) is 5.97. The second kappa shape index (κ2) is 7.13. The molecule has 27 heavy (non-hydrogen) atoms. The summed E-state index contributed by atoms with van der Waals surface area (Å²) in [6.45, 7) is 1.62. The van der Waals surface area contributed by atoms with Crippen molar-refractivity contribution in [2.45, 2.75) is 13.0 Å². The number of hydrogen-bond donors (Lipinski definition) is 2. The highest BCUT2D eigenvalue weighted by molar-refractivity contribution is 9.10. The molecule has 140 valence electrons. The minimum absolute atomic E-state index is 0.147. The van der Waals surface area contributed by atoms with E-state index in [0.29, 0.717) is 16.8 Å². The number of nitrogens with zero attached hydrogens (tertiary/aromatic N) is 1. The molecule has 2 aromatic carbocycles. The number of halogens is 2. The Labute approximate surface area is 162 Å². The summed E-state index contributed by atoms with van der Waals surface area (Å²) in [6, 6.07) is 9.14. The van der Waals surface area contributed by atoms with Gasteiger partial charge in [-0.2, -0.15) is 0 Å². The minimum Gasteiger partial charge on any atom is -0.465 e. The Hall–Kier alpha value is -2.71. The highest BCUT2D eigenvalue weighted by Crippen LogP contribution is 2.30. The number of carbonyl (C=O) groups excluding carboxylic acids is 1. The van der Waals surface area contributed by atoms with Gasteiger partial charge in [-0.15, -0.1) is 0 Å². The molecule has 3 rings (SSSR count). The van der Waals surface area contributed by atoms with Crippen LogP contribution in [0.15, 0.2) is 45.7 Å². The van der Waals surface area contributed by atoms with E-state index in [4.69, 9.17) is 5.73 Å². The third-order valence-corrected chi connectivity index (χ3v) is 4.89. The Morgan fingerprint density at radius 2 is 1.93 bits per heavy atom. The molecule has 0 aliphatic heterocycles. The molecule has 0 bridgehead atoms. The van der Waals surface area contributed by atoms with Gasteiger partial charge in [0.1, 0.15) is 11.4 Å². The van der Waals surface area contributed by atoms with Crippen molar-refractivity contribution in [2.75, 3.05) is 12.8 Å². The summed E-state index contributed by atoms with van der Waals surface area (Å²) in [7, 11) is 1.13. The van der Waals surface area contributed by atoms with Crippen molar-refractivity contribution in [3.63, 3.8) is 0 Å². The van der Waals surface area contributed by atoms with Crippen LogP contribution in [-0.2, 0) is 4.74 Å². The number of carbonyl (C=O) groups is 1. The van der Waals surface area contributed by atoms with E-state index in [0.717, 1.165) is 13.2 Å². The van der Waals surface area contributed by atoms with Crippen molar-refractivity contribution in [1.29, 1.82) is 0 Å². The fraction of sp³-hybridized carbons (Fsp3) is 0.158. The van der Waals surface area contributed by atoms with Crippen LogP contribution in [0.25, 0.3) is 16.6 Å². The molecule has 6 nitrogen and oxygen atoms in total. The second-order valence-corrected chi connectivity index (χ2v) is 6.83. The smallest absolute Gasteiger partial charge is 0.345 e. The lowest BCUT2D eigenvalue weighted by Gasteiger charge is -2.16. The van der Waals surface area contributed by atoms with Gasteiger partial charge in [0.05, 0.1) is 28.9 Å². The fourth-order valence-electron chi connectivity index (χ4n) is 2.87. The first kappa shape index (κ1) is 19.1. The average molecular weight is 435 g/mol. The van der Waals surface area contributed by atoms with Gasteiger partial charge in [-0.1, -0.05) is 12.1 Å². The zero-order valence-corrected chi connectivity index (χ0v) is 16.1. The van der Waals surface area contributed by atoms with Crippen LogP contribution in [0.1, 0.15) is 28.9 Å². The molecule has 1 atom stereocenters. The van der Waals surface area contributed by atoms with E-state index in [1.807, 2.05) is 0 Å². The number of methoxy groups -OCH3 is 1. The van der Waals surface area contributed by atoms with Crippen molar-refractivity contribution >= 4 is 38.5 Å². The minimum atomic E-state index is -0.905. The van der Waals surface area contributed by atoms with Crippen LogP contribution in [0, 0.1) is 5.82 Å². The highest BCUT2D eigenvalue weighted by Gasteiger charge is 2.23. The number of anilines is 1. The van der Waals surface area contributed by atoms with Crippen LogP contribution in [-0.4, -0.2) is 22.8 Å². The summed E-state index contributed by atoms with van der Waals surface area (Å²) in [5, 5.41) is 9.87. The highest BCUT2D eigenvalue weighted by atomic mass is 79.9. The number of ether oxygens (including phenoxy) is 1. The van der Waals surface area contributed by atoms with Gasteiger partial charge in [-0.05, 0) is 52.7 Å². The Bertz CT molecular complexity index is 1110. The van der Waals surface area contributed by atoms with E-state index in [1.165, 1.54) is 10.6 Å². The SMILES string of the molecule is COC(=O)c1c(N)c2cc(F)c(Br)cc2n(-c2ccc(C(C)O)cc2)c1=O. The number of benzene rings is 2. The lowest BCUT2D eigenvalue weighted by molar-refractivity contribution is 0.0600. The lowest BCUT2D eigenvalue weighted by atomic mass is 10.1. The van der Waals surface area contributed by atoms with Gasteiger partial charge in [0.15, 0.2) is 0 Å².